The predicted octanol–water partition coefficient (Wildman–Crippen LogP) is 2.56. The highest BCUT2D eigenvalue weighted by atomic mass is 35.5. The maximum atomic E-state index is 12.1. The Kier molecular flexibility index (Phi) is 3.80. The Bertz CT molecular complexity index is 637. The summed E-state index contributed by atoms with van der Waals surface area (Å²) >= 11 is 5.85. The Labute approximate surface area is 139 Å². The average Bonchev–Trinajstić information content (AvgIpc) is 2.88. The molecule has 122 valence electrons. The fraction of sp³-hybridized carbons (Fsp3) is 0.643. The van der Waals surface area contributed by atoms with Gasteiger partial charge < -0.3 is 19.7 Å². The summed E-state index contributed by atoms with van der Waals surface area (Å²) in [6.07, 6.45) is 1.57. The summed E-state index contributed by atoms with van der Waals surface area (Å²) in [7, 11) is -2.66. The molecule has 0 spiro atoms. The third-order valence-electron chi connectivity index (χ3n) is 2.98. The summed E-state index contributed by atoms with van der Waals surface area (Å²) in [6.45, 7) is 6.40. The van der Waals surface area contributed by atoms with Crippen LogP contribution in [0.2, 0.25) is 5.02 Å². The number of hydrogen-bond donors (Lipinski definition) is 1. The summed E-state index contributed by atoms with van der Waals surface area (Å²) in [5.41, 5.74) is -0.552. The minimum atomic E-state index is -2.66. The minimum Gasteiger partial charge on any atom is -0.480 e. The van der Waals surface area contributed by atoms with Crippen LogP contribution in [0.15, 0.2) is 6.20 Å². The van der Waals surface area contributed by atoms with E-state index in [1.165, 1.54) is 6.20 Å². The van der Waals surface area contributed by atoms with Crippen molar-refractivity contribution < 1.29 is 18.4 Å². The smallest absolute Gasteiger partial charge is 0.410 e. The van der Waals surface area contributed by atoms with Gasteiger partial charge in [0.2, 0.25) is 11.8 Å². The Morgan fingerprint density at radius 1 is 1.59 bits per heavy atom. The first-order chi connectivity index (χ1) is 11.4. The van der Waals surface area contributed by atoms with Gasteiger partial charge in [-0.15, -0.1) is 0 Å². The lowest BCUT2D eigenvalue weighted by molar-refractivity contribution is 0.0293. The highest BCUT2D eigenvalue weighted by molar-refractivity contribution is 6.31. The van der Waals surface area contributed by atoms with Crippen molar-refractivity contribution in [3.8, 4) is 5.88 Å². The van der Waals surface area contributed by atoms with E-state index in [0.717, 1.165) is 0 Å². The third-order valence-corrected chi connectivity index (χ3v) is 3.24. The molecule has 1 atom stereocenters. The van der Waals surface area contributed by atoms with E-state index >= 15 is 0 Å². The van der Waals surface area contributed by atoms with Crippen molar-refractivity contribution in [2.24, 2.45) is 0 Å². The molecule has 22 heavy (non-hydrogen) atoms. The van der Waals surface area contributed by atoms with E-state index < -0.39 is 12.6 Å². The van der Waals surface area contributed by atoms with Crippen LogP contribution in [0.5, 0.6) is 5.88 Å². The molecule has 0 radical (unpaired) electrons. The molecule has 1 aliphatic heterocycles. The van der Waals surface area contributed by atoms with Crippen LogP contribution < -0.4 is 10.1 Å². The van der Waals surface area contributed by atoms with Crippen LogP contribution in [0.4, 0.5) is 10.7 Å². The van der Waals surface area contributed by atoms with Gasteiger partial charge in [0.05, 0.1) is 17.3 Å². The lowest BCUT2D eigenvalue weighted by Crippen LogP contribution is -2.36. The van der Waals surface area contributed by atoms with Crippen LogP contribution >= 0.6 is 11.6 Å². The molecule has 1 aliphatic rings. The molecule has 1 amide bonds. The first kappa shape index (κ1) is 12.8. The standard InChI is InChI=1S/C14H21ClN4O3/c1-14(2,3)22-13(20)19-6-5-9(8-19)17-12-16-7-10(15)11(18-12)21-4/h7,9H,5-6,8H2,1-4H3,(H,16,17,18)/i4D3. The number of amides is 1. The fourth-order valence-electron chi connectivity index (χ4n) is 2.05. The van der Waals surface area contributed by atoms with Gasteiger partial charge in [0.25, 0.3) is 0 Å². The molecule has 1 aromatic heterocycles. The number of anilines is 1. The van der Waals surface area contributed by atoms with Crippen molar-refractivity contribution in [1.82, 2.24) is 14.9 Å². The zero-order valence-corrected chi connectivity index (χ0v) is 13.5. The number of carbonyl (C=O) groups is 1. The van der Waals surface area contributed by atoms with Crippen molar-refractivity contribution in [2.75, 3.05) is 25.4 Å². The summed E-state index contributed by atoms with van der Waals surface area (Å²) in [5.74, 6) is -0.0409. The number of ether oxygens (including phenoxy) is 2. The molecule has 1 aromatic rings. The zero-order valence-electron chi connectivity index (χ0n) is 15.7. The van der Waals surface area contributed by atoms with E-state index in [4.69, 9.17) is 25.2 Å². The normalized spacial score (nSPS) is 20.8. The van der Waals surface area contributed by atoms with Gasteiger partial charge in [-0.05, 0) is 27.2 Å². The molecule has 0 aliphatic carbocycles. The fourth-order valence-corrected chi connectivity index (χ4v) is 2.18. The van der Waals surface area contributed by atoms with Crippen molar-refractivity contribution in [2.45, 2.75) is 38.8 Å². The van der Waals surface area contributed by atoms with Crippen LogP contribution in [0.3, 0.4) is 0 Å². The molecule has 0 saturated carbocycles. The molecule has 7 nitrogen and oxygen atoms in total. The van der Waals surface area contributed by atoms with Crippen molar-refractivity contribution in [3.05, 3.63) is 11.2 Å². The van der Waals surface area contributed by atoms with Gasteiger partial charge in [0.15, 0.2) is 0 Å². The van der Waals surface area contributed by atoms with Crippen LogP contribution in [-0.2, 0) is 4.74 Å². The van der Waals surface area contributed by atoms with E-state index in [0.29, 0.717) is 19.5 Å². The number of methoxy groups -OCH3 is 1. The van der Waals surface area contributed by atoms with Crippen LogP contribution in [0.25, 0.3) is 0 Å². The monoisotopic (exact) mass is 331 g/mol. The molecule has 0 bridgehead atoms. The first-order valence-electron chi connectivity index (χ1n) is 8.39. The number of rotatable bonds is 3. The molecule has 1 fully saturated rings. The van der Waals surface area contributed by atoms with Gasteiger partial charge in [-0.2, -0.15) is 4.98 Å². The Balaban J connectivity index is 1.97. The molecule has 0 aromatic carbocycles. The Hall–Kier alpha value is -1.76. The number of nitrogens with zero attached hydrogens (tertiary/aromatic N) is 3. The Morgan fingerprint density at radius 2 is 2.36 bits per heavy atom. The highest BCUT2D eigenvalue weighted by Gasteiger charge is 2.30. The van der Waals surface area contributed by atoms with Gasteiger partial charge in [0, 0.05) is 19.1 Å². The zero-order chi connectivity index (χ0) is 18.8. The SMILES string of the molecule is [2H]C([2H])([2H])Oc1nc(NC2CCN(C(=O)OC(C)(C)C)C2)ncc1Cl. The molecular formula is C14H21ClN4O3. The van der Waals surface area contributed by atoms with Crippen molar-refractivity contribution in [3.63, 3.8) is 0 Å². The van der Waals surface area contributed by atoms with Crippen LogP contribution in [0, 0.1) is 0 Å². The maximum absolute atomic E-state index is 12.1. The predicted molar refractivity (Wildman–Crippen MR) is 83.4 cm³/mol. The summed E-state index contributed by atoms with van der Waals surface area (Å²) in [5, 5.41) is 3.05. The lowest BCUT2D eigenvalue weighted by Gasteiger charge is -2.24. The summed E-state index contributed by atoms with van der Waals surface area (Å²) in [4.78, 5) is 21.6. The summed E-state index contributed by atoms with van der Waals surface area (Å²) in [6, 6.07) is -0.0886. The number of hydrogen-bond acceptors (Lipinski definition) is 6. The van der Waals surface area contributed by atoms with Gasteiger partial charge in [0.1, 0.15) is 10.6 Å². The second-order valence-corrected chi connectivity index (χ2v) is 6.41. The molecule has 2 heterocycles. The quantitative estimate of drug-likeness (QED) is 0.917. The topological polar surface area (TPSA) is 76.6 Å². The van der Waals surface area contributed by atoms with Gasteiger partial charge in [-0.3, -0.25) is 0 Å². The first-order valence-corrected chi connectivity index (χ1v) is 7.27. The number of carbonyl (C=O) groups excluding carboxylic acids is 1. The van der Waals surface area contributed by atoms with E-state index in [-0.39, 0.29) is 29.0 Å². The minimum absolute atomic E-state index is 0.00322. The van der Waals surface area contributed by atoms with Gasteiger partial charge >= 0.3 is 6.09 Å². The number of halogens is 1. The van der Waals surface area contributed by atoms with E-state index in [9.17, 15) is 4.79 Å². The van der Waals surface area contributed by atoms with Crippen LogP contribution in [-0.4, -0.2) is 52.7 Å². The number of nitrogens with one attached hydrogen (secondary N) is 1. The lowest BCUT2D eigenvalue weighted by atomic mass is 10.2. The molecule has 1 saturated heterocycles. The maximum Gasteiger partial charge on any atom is 0.410 e. The average molecular weight is 332 g/mol. The second kappa shape index (κ2) is 6.56. The third kappa shape index (κ3) is 4.37. The largest absolute Gasteiger partial charge is 0.480 e. The van der Waals surface area contributed by atoms with Crippen molar-refractivity contribution >= 4 is 23.6 Å². The van der Waals surface area contributed by atoms with E-state index in [1.54, 1.807) is 4.90 Å². The molecule has 1 unspecified atom stereocenters. The Morgan fingerprint density at radius 3 is 3.05 bits per heavy atom. The second-order valence-electron chi connectivity index (χ2n) is 6.01. The summed E-state index contributed by atoms with van der Waals surface area (Å²) < 4.78 is 31.4. The molecule has 1 N–H and O–H groups in total. The number of aromatic nitrogens is 2. The van der Waals surface area contributed by atoms with Crippen molar-refractivity contribution in [1.29, 1.82) is 0 Å². The molecular weight excluding hydrogens is 308 g/mol. The van der Waals surface area contributed by atoms with E-state index in [1.807, 2.05) is 20.8 Å². The van der Waals surface area contributed by atoms with Gasteiger partial charge in [-0.25, -0.2) is 9.78 Å². The number of likely N-dealkylation sites (tertiary alicyclic amines) is 1. The van der Waals surface area contributed by atoms with Crippen LogP contribution in [0.1, 0.15) is 31.3 Å². The highest BCUT2D eigenvalue weighted by Crippen LogP contribution is 2.23. The van der Waals surface area contributed by atoms with E-state index in [2.05, 4.69) is 15.3 Å². The molecule has 2 rings (SSSR count). The van der Waals surface area contributed by atoms with Gasteiger partial charge in [-0.1, -0.05) is 11.6 Å². The molecule has 8 heteroatoms.